The van der Waals surface area contributed by atoms with Crippen LogP contribution in [0, 0.1) is 0 Å². The molecule has 0 aliphatic rings. The molecular weight excluding hydrogens is 278 g/mol. The van der Waals surface area contributed by atoms with Crippen LogP contribution in [0.15, 0.2) is 24.8 Å². The van der Waals surface area contributed by atoms with Gasteiger partial charge in [0.15, 0.2) is 0 Å². The predicted molar refractivity (Wildman–Crippen MR) is 71.7 cm³/mol. The Kier molecular flexibility index (Phi) is 4.67. The van der Waals surface area contributed by atoms with Gasteiger partial charge in [-0.05, 0) is 6.92 Å². The molecule has 0 bridgehead atoms. The highest BCUT2D eigenvalue weighted by atomic mass is 16.5. The SMILES string of the molecule is CCOCn1cc(NC(=O)Cn2cc(C(=O)O)cn2)cn1. The highest BCUT2D eigenvalue weighted by Crippen LogP contribution is 2.05. The summed E-state index contributed by atoms with van der Waals surface area (Å²) in [6.45, 7) is 2.69. The number of carbonyl (C=O) groups excluding carboxylic acids is 1. The Morgan fingerprint density at radius 1 is 1.29 bits per heavy atom. The maximum absolute atomic E-state index is 11.8. The number of carboxylic acid groups (broad SMARTS) is 1. The normalized spacial score (nSPS) is 10.5. The molecule has 2 heterocycles. The van der Waals surface area contributed by atoms with Crippen LogP contribution in [-0.2, 0) is 22.8 Å². The molecule has 2 aromatic rings. The lowest BCUT2D eigenvalue weighted by molar-refractivity contribution is -0.116. The molecule has 2 rings (SSSR count). The zero-order chi connectivity index (χ0) is 15.2. The first-order valence-corrected chi connectivity index (χ1v) is 6.24. The van der Waals surface area contributed by atoms with Gasteiger partial charge < -0.3 is 15.2 Å². The Morgan fingerprint density at radius 2 is 2.05 bits per heavy atom. The fourth-order valence-corrected chi connectivity index (χ4v) is 1.59. The van der Waals surface area contributed by atoms with E-state index in [1.54, 1.807) is 10.9 Å². The summed E-state index contributed by atoms with van der Waals surface area (Å²) < 4.78 is 7.98. The molecule has 9 nitrogen and oxygen atoms in total. The zero-order valence-electron chi connectivity index (χ0n) is 11.4. The van der Waals surface area contributed by atoms with Crippen molar-refractivity contribution >= 4 is 17.6 Å². The van der Waals surface area contributed by atoms with Crippen molar-refractivity contribution in [2.45, 2.75) is 20.2 Å². The van der Waals surface area contributed by atoms with Crippen molar-refractivity contribution in [2.75, 3.05) is 11.9 Å². The number of hydrogen-bond acceptors (Lipinski definition) is 5. The Bertz CT molecular complexity index is 633. The lowest BCUT2D eigenvalue weighted by atomic mass is 10.4. The topological polar surface area (TPSA) is 111 Å². The molecule has 1 amide bonds. The van der Waals surface area contributed by atoms with E-state index in [9.17, 15) is 9.59 Å². The van der Waals surface area contributed by atoms with Gasteiger partial charge in [0.25, 0.3) is 0 Å². The Morgan fingerprint density at radius 3 is 2.71 bits per heavy atom. The van der Waals surface area contributed by atoms with Crippen molar-refractivity contribution in [3.8, 4) is 0 Å². The van der Waals surface area contributed by atoms with Gasteiger partial charge in [0.1, 0.15) is 13.3 Å². The van der Waals surface area contributed by atoms with Gasteiger partial charge in [-0.15, -0.1) is 0 Å². The van der Waals surface area contributed by atoms with Crippen LogP contribution >= 0.6 is 0 Å². The van der Waals surface area contributed by atoms with Crippen LogP contribution in [-0.4, -0.2) is 43.2 Å². The van der Waals surface area contributed by atoms with E-state index in [0.717, 1.165) is 0 Å². The van der Waals surface area contributed by atoms with Gasteiger partial charge in [0.2, 0.25) is 5.91 Å². The summed E-state index contributed by atoms with van der Waals surface area (Å²) in [5.41, 5.74) is 0.567. The Hall–Kier alpha value is -2.68. The van der Waals surface area contributed by atoms with Crippen molar-refractivity contribution < 1.29 is 19.4 Å². The Balaban J connectivity index is 1.88. The molecule has 0 fully saturated rings. The number of nitrogens with zero attached hydrogens (tertiary/aromatic N) is 4. The van der Waals surface area contributed by atoms with Gasteiger partial charge in [0, 0.05) is 12.8 Å². The molecule has 0 atom stereocenters. The predicted octanol–water partition coefficient (Wildman–Crippen LogP) is 0.410. The van der Waals surface area contributed by atoms with E-state index in [1.165, 1.54) is 23.3 Å². The first-order chi connectivity index (χ1) is 10.1. The van der Waals surface area contributed by atoms with Crippen molar-refractivity contribution in [2.24, 2.45) is 0 Å². The highest BCUT2D eigenvalue weighted by Gasteiger charge is 2.09. The molecule has 21 heavy (non-hydrogen) atoms. The van der Waals surface area contributed by atoms with Crippen molar-refractivity contribution in [1.29, 1.82) is 0 Å². The molecule has 0 aromatic carbocycles. The molecule has 0 saturated carbocycles. The number of aromatic carboxylic acids is 1. The smallest absolute Gasteiger partial charge is 0.338 e. The number of rotatable bonds is 7. The molecule has 0 unspecified atom stereocenters. The van der Waals surface area contributed by atoms with Crippen LogP contribution < -0.4 is 5.32 Å². The summed E-state index contributed by atoms with van der Waals surface area (Å²) in [5.74, 6) is -1.41. The molecule has 112 valence electrons. The molecule has 2 N–H and O–H groups in total. The van der Waals surface area contributed by atoms with Crippen LogP contribution in [0.2, 0.25) is 0 Å². The fourth-order valence-electron chi connectivity index (χ4n) is 1.59. The lowest BCUT2D eigenvalue weighted by Gasteiger charge is -2.02. The molecule has 2 aromatic heterocycles. The van der Waals surface area contributed by atoms with E-state index in [2.05, 4.69) is 15.5 Å². The number of aromatic nitrogens is 4. The standard InChI is InChI=1S/C12H15N5O4/c1-2-21-8-17-6-10(4-14-17)15-11(18)7-16-5-9(3-13-16)12(19)20/h3-6H,2,7-8H2,1H3,(H,15,18)(H,19,20). The molecule has 0 aliphatic heterocycles. The second-order valence-corrected chi connectivity index (χ2v) is 4.17. The number of anilines is 1. The molecule has 0 aliphatic carbocycles. The molecule has 0 spiro atoms. The lowest BCUT2D eigenvalue weighted by Crippen LogP contribution is -2.18. The number of carbonyl (C=O) groups is 2. The minimum absolute atomic E-state index is 0.0346. The van der Waals surface area contributed by atoms with Crippen molar-refractivity contribution in [1.82, 2.24) is 19.6 Å². The molecular formula is C12H15N5O4. The van der Waals surface area contributed by atoms with Crippen LogP contribution in [0.25, 0.3) is 0 Å². The van der Waals surface area contributed by atoms with E-state index in [1.807, 2.05) is 6.92 Å². The van der Waals surface area contributed by atoms with Gasteiger partial charge in [-0.25, -0.2) is 9.48 Å². The average Bonchev–Trinajstić information content (AvgIpc) is 3.06. The largest absolute Gasteiger partial charge is 0.478 e. The summed E-state index contributed by atoms with van der Waals surface area (Å²) in [4.78, 5) is 22.5. The summed E-state index contributed by atoms with van der Waals surface area (Å²) in [6, 6.07) is 0. The monoisotopic (exact) mass is 293 g/mol. The van der Waals surface area contributed by atoms with Gasteiger partial charge in [-0.1, -0.05) is 0 Å². The van der Waals surface area contributed by atoms with Gasteiger partial charge in [-0.2, -0.15) is 10.2 Å². The van der Waals surface area contributed by atoms with Crippen molar-refractivity contribution in [3.63, 3.8) is 0 Å². The summed E-state index contributed by atoms with van der Waals surface area (Å²) in [6.07, 6.45) is 5.62. The Labute approximate surface area is 120 Å². The molecule has 0 radical (unpaired) electrons. The van der Waals surface area contributed by atoms with Crippen LogP contribution in [0.5, 0.6) is 0 Å². The van der Waals surface area contributed by atoms with E-state index >= 15 is 0 Å². The van der Waals surface area contributed by atoms with Crippen LogP contribution in [0.3, 0.4) is 0 Å². The highest BCUT2D eigenvalue weighted by molar-refractivity contribution is 5.90. The third kappa shape index (κ3) is 4.14. The maximum Gasteiger partial charge on any atom is 0.338 e. The third-order valence-corrected chi connectivity index (χ3v) is 2.53. The van der Waals surface area contributed by atoms with Crippen molar-refractivity contribution in [3.05, 3.63) is 30.4 Å². The van der Waals surface area contributed by atoms with Crippen LogP contribution in [0.4, 0.5) is 5.69 Å². The van der Waals surface area contributed by atoms with Crippen LogP contribution in [0.1, 0.15) is 17.3 Å². The van der Waals surface area contributed by atoms with Gasteiger partial charge >= 0.3 is 5.97 Å². The molecule has 0 saturated heterocycles. The van der Waals surface area contributed by atoms with Gasteiger partial charge in [0.05, 0.1) is 29.8 Å². The second kappa shape index (κ2) is 6.66. The second-order valence-electron chi connectivity index (χ2n) is 4.17. The van der Waals surface area contributed by atoms with E-state index < -0.39 is 5.97 Å². The number of hydrogen-bond donors (Lipinski definition) is 2. The quantitative estimate of drug-likeness (QED) is 0.765. The van der Waals surface area contributed by atoms with E-state index in [4.69, 9.17) is 9.84 Å². The minimum atomic E-state index is -1.08. The average molecular weight is 293 g/mol. The fraction of sp³-hybridized carbons (Fsp3) is 0.333. The van der Waals surface area contributed by atoms with Gasteiger partial charge in [-0.3, -0.25) is 9.48 Å². The number of amides is 1. The van der Waals surface area contributed by atoms with E-state index in [0.29, 0.717) is 19.0 Å². The first kappa shape index (κ1) is 14.7. The first-order valence-electron chi connectivity index (χ1n) is 6.24. The maximum atomic E-state index is 11.8. The summed E-state index contributed by atoms with van der Waals surface area (Å²) in [5, 5.41) is 19.2. The molecule has 9 heteroatoms. The summed E-state index contributed by atoms with van der Waals surface area (Å²) in [7, 11) is 0. The number of carboxylic acids is 1. The number of ether oxygens (including phenoxy) is 1. The van der Waals surface area contributed by atoms with E-state index in [-0.39, 0.29) is 18.0 Å². The number of nitrogens with one attached hydrogen (secondary N) is 1. The summed E-state index contributed by atoms with van der Waals surface area (Å²) >= 11 is 0. The third-order valence-electron chi connectivity index (χ3n) is 2.53. The zero-order valence-corrected chi connectivity index (χ0v) is 11.4. The minimum Gasteiger partial charge on any atom is -0.478 e.